The van der Waals surface area contributed by atoms with Crippen LogP contribution in [0.2, 0.25) is 0 Å². The van der Waals surface area contributed by atoms with Gasteiger partial charge in [-0.15, -0.1) is 4.98 Å². The molecule has 1 heterocycles. The summed E-state index contributed by atoms with van der Waals surface area (Å²) in [6.45, 7) is 4.00. The van der Waals surface area contributed by atoms with Crippen LogP contribution in [-0.2, 0) is 0 Å². The fraction of sp³-hybridized carbons (Fsp3) is 0.250. The van der Waals surface area contributed by atoms with Crippen LogP contribution in [0, 0.1) is 6.92 Å². The molecule has 0 amide bonds. The lowest BCUT2D eigenvalue weighted by Crippen LogP contribution is -2.35. The number of aromatic nitrogens is 3. The number of ether oxygens (including phenoxy) is 1. The van der Waals surface area contributed by atoms with Crippen LogP contribution in [0.15, 0.2) is 33.9 Å². The molecule has 0 saturated heterocycles. The molecule has 0 aliphatic carbocycles. The Morgan fingerprint density at radius 3 is 2.50 bits per heavy atom. The monoisotopic (exact) mass is 247 g/mol. The van der Waals surface area contributed by atoms with Gasteiger partial charge in [0.1, 0.15) is 0 Å². The number of nitrogens with zero attached hydrogens (tertiary/aromatic N) is 2. The molecule has 2 rings (SSSR count). The molecule has 1 aromatic carbocycles. The number of nitrogens with one attached hydrogen (secondary N) is 1. The maximum absolute atomic E-state index is 11.8. The quantitative estimate of drug-likeness (QED) is 0.862. The lowest BCUT2D eigenvalue weighted by atomic mass is 10.2. The summed E-state index contributed by atoms with van der Waals surface area (Å²) in [4.78, 5) is 29.6. The molecular formula is C12H13N3O3. The zero-order chi connectivity index (χ0) is 13.1. The maximum Gasteiger partial charge on any atom is 0.360 e. The van der Waals surface area contributed by atoms with E-state index in [1.165, 1.54) is 0 Å². The van der Waals surface area contributed by atoms with E-state index in [2.05, 4.69) is 9.97 Å². The molecule has 0 radical (unpaired) electrons. The Hall–Kier alpha value is -2.37. The summed E-state index contributed by atoms with van der Waals surface area (Å²) in [7, 11) is 0. The summed E-state index contributed by atoms with van der Waals surface area (Å²) in [6, 6.07) is 6.95. The van der Waals surface area contributed by atoms with E-state index in [1.54, 1.807) is 19.1 Å². The van der Waals surface area contributed by atoms with Crippen molar-refractivity contribution in [1.82, 2.24) is 14.5 Å². The fourth-order valence-electron chi connectivity index (χ4n) is 1.53. The average Bonchev–Trinajstić information content (AvgIpc) is 2.31. The van der Waals surface area contributed by atoms with Crippen LogP contribution in [0.5, 0.6) is 6.01 Å². The van der Waals surface area contributed by atoms with Crippen molar-refractivity contribution in [2.24, 2.45) is 0 Å². The van der Waals surface area contributed by atoms with Crippen molar-refractivity contribution in [1.29, 1.82) is 0 Å². The summed E-state index contributed by atoms with van der Waals surface area (Å²) >= 11 is 0. The van der Waals surface area contributed by atoms with Crippen LogP contribution < -0.4 is 16.1 Å². The van der Waals surface area contributed by atoms with Crippen molar-refractivity contribution in [3.8, 4) is 11.7 Å². The van der Waals surface area contributed by atoms with E-state index >= 15 is 0 Å². The van der Waals surface area contributed by atoms with Crippen molar-refractivity contribution < 1.29 is 4.74 Å². The first kappa shape index (κ1) is 12.1. The normalized spacial score (nSPS) is 10.3. The van der Waals surface area contributed by atoms with Gasteiger partial charge in [0.15, 0.2) is 0 Å². The van der Waals surface area contributed by atoms with Gasteiger partial charge >= 0.3 is 17.4 Å². The van der Waals surface area contributed by atoms with E-state index in [1.807, 2.05) is 19.1 Å². The molecule has 0 fully saturated rings. The summed E-state index contributed by atoms with van der Waals surface area (Å²) in [5.74, 6) is 0. The topological polar surface area (TPSA) is 77.0 Å². The number of aromatic amines is 1. The van der Waals surface area contributed by atoms with Crippen LogP contribution in [0.4, 0.5) is 0 Å². The summed E-state index contributed by atoms with van der Waals surface area (Å²) < 4.78 is 5.96. The first-order valence-corrected chi connectivity index (χ1v) is 5.55. The molecule has 6 nitrogen and oxygen atoms in total. The van der Waals surface area contributed by atoms with E-state index in [4.69, 9.17) is 4.74 Å². The third kappa shape index (κ3) is 2.32. The molecule has 0 bridgehead atoms. The SMILES string of the molecule is CCOc1nc(=O)n(-c2ccc(C)cc2)c(=O)[nH]1. The van der Waals surface area contributed by atoms with E-state index < -0.39 is 11.4 Å². The highest BCUT2D eigenvalue weighted by Gasteiger charge is 2.08. The van der Waals surface area contributed by atoms with Crippen LogP contribution in [-0.4, -0.2) is 21.1 Å². The fourth-order valence-corrected chi connectivity index (χ4v) is 1.53. The van der Waals surface area contributed by atoms with Crippen LogP contribution in [0.3, 0.4) is 0 Å². The van der Waals surface area contributed by atoms with Gasteiger partial charge in [0, 0.05) is 0 Å². The molecule has 0 aliphatic rings. The Balaban J connectivity index is 2.55. The molecule has 6 heteroatoms. The van der Waals surface area contributed by atoms with E-state index in [0.717, 1.165) is 10.1 Å². The molecule has 18 heavy (non-hydrogen) atoms. The smallest absolute Gasteiger partial charge is 0.360 e. The predicted octanol–water partition coefficient (Wildman–Crippen LogP) is 0.628. The molecular weight excluding hydrogens is 234 g/mol. The van der Waals surface area contributed by atoms with Gasteiger partial charge in [-0.1, -0.05) is 17.7 Å². The highest BCUT2D eigenvalue weighted by atomic mass is 16.5. The largest absolute Gasteiger partial charge is 0.465 e. The van der Waals surface area contributed by atoms with E-state index in [-0.39, 0.29) is 6.01 Å². The molecule has 94 valence electrons. The number of hydrogen-bond acceptors (Lipinski definition) is 4. The first-order chi connectivity index (χ1) is 8.61. The Morgan fingerprint density at radius 1 is 1.28 bits per heavy atom. The number of hydrogen-bond donors (Lipinski definition) is 1. The highest BCUT2D eigenvalue weighted by Crippen LogP contribution is 2.04. The number of aryl methyl sites for hydroxylation is 1. The van der Waals surface area contributed by atoms with Crippen molar-refractivity contribution in [2.45, 2.75) is 13.8 Å². The van der Waals surface area contributed by atoms with Gasteiger partial charge in [-0.25, -0.2) is 14.2 Å². The van der Waals surface area contributed by atoms with Crippen molar-refractivity contribution in [3.05, 3.63) is 50.8 Å². The van der Waals surface area contributed by atoms with Gasteiger partial charge in [0.25, 0.3) is 0 Å². The second-order valence-electron chi connectivity index (χ2n) is 3.73. The number of benzene rings is 1. The highest BCUT2D eigenvalue weighted by molar-refractivity contribution is 5.33. The Bertz CT molecular complexity index is 624. The zero-order valence-electron chi connectivity index (χ0n) is 10.1. The minimum atomic E-state index is -0.661. The van der Waals surface area contributed by atoms with Gasteiger partial charge in [0.2, 0.25) is 0 Å². The summed E-state index contributed by atoms with van der Waals surface area (Å²) in [6.07, 6.45) is 0. The van der Waals surface area contributed by atoms with Crippen LogP contribution in [0.25, 0.3) is 5.69 Å². The lowest BCUT2D eigenvalue weighted by molar-refractivity contribution is 0.307. The molecule has 0 atom stereocenters. The zero-order valence-corrected chi connectivity index (χ0v) is 10.1. The Kier molecular flexibility index (Phi) is 3.27. The predicted molar refractivity (Wildman–Crippen MR) is 66.4 cm³/mol. The lowest BCUT2D eigenvalue weighted by Gasteiger charge is -2.05. The third-order valence-electron chi connectivity index (χ3n) is 2.38. The van der Waals surface area contributed by atoms with E-state index in [9.17, 15) is 9.59 Å². The average molecular weight is 247 g/mol. The second-order valence-corrected chi connectivity index (χ2v) is 3.73. The minimum Gasteiger partial charge on any atom is -0.465 e. The molecule has 0 unspecified atom stereocenters. The van der Waals surface area contributed by atoms with Crippen molar-refractivity contribution in [3.63, 3.8) is 0 Å². The van der Waals surface area contributed by atoms with Crippen molar-refractivity contribution >= 4 is 0 Å². The van der Waals surface area contributed by atoms with Crippen molar-refractivity contribution in [2.75, 3.05) is 6.61 Å². The molecule has 0 aliphatic heterocycles. The molecule has 1 aromatic heterocycles. The van der Waals surface area contributed by atoms with E-state index in [0.29, 0.717) is 12.3 Å². The molecule has 0 saturated carbocycles. The second kappa shape index (κ2) is 4.87. The number of H-pyrrole nitrogens is 1. The standard InChI is InChI=1S/C12H13N3O3/c1-3-18-10-13-11(16)15(12(17)14-10)9-6-4-8(2)5-7-9/h4-7H,3H2,1-2H3,(H,13,14,16,17). The molecule has 1 N–H and O–H groups in total. The van der Waals surface area contributed by atoms with Crippen LogP contribution >= 0.6 is 0 Å². The van der Waals surface area contributed by atoms with Gasteiger partial charge in [0.05, 0.1) is 12.3 Å². The van der Waals surface area contributed by atoms with Gasteiger partial charge in [-0.2, -0.15) is 0 Å². The van der Waals surface area contributed by atoms with Gasteiger partial charge < -0.3 is 4.74 Å². The molecule has 0 spiro atoms. The summed E-state index contributed by atoms with van der Waals surface area (Å²) in [5, 5.41) is 0. The Labute approximate surface area is 103 Å². The van der Waals surface area contributed by atoms with Gasteiger partial charge in [-0.05, 0) is 26.0 Å². The van der Waals surface area contributed by atoms with Gasteiger partial charge in [-0.3, -0.25) is 4.98 Å². The first-order valence-electron chi connectivity index (χ1n) is 5.55. The summed E-state index contributed by atoms with van der Waals surface area (Å²) in [5.41, 5.74) is 0.290. The molecule has 2 aromatic rings. The minimum absolute atomic E-state index is 0.0594. The number of rotatable bonds is 3. The Morgan fingerprint density at radius 2 is 1.94 bits per heavy atom. The maximum atomic E-state index is 11.8. The third-order valence-corrected chi connectivity index (χ3v) is 2.38. The van der Waals surface area contributed by atoms with Crippen LogP contribution in [0.1, 0.15) is 12.5 Å².